The summed E-state index contributed by atoms with van der Waals surface area (Å²) in [7, 11) is 2.20. The van der Waals surface area contributed by atoms with Crippen LogP contribution in [0.2, 0.25) is 0 Å². The quantitative estimate of drug-likeness (QED) is 0.796. The third-order valence-corrected chi connectivity index (χ3v) is 4.24. The van der Waals surface area contributed by atoms with Crippen LogP contribution in [0.3, 0.4) is 0 Å². The van der Waals surface area contributed by atoms with E-state index in [1.807, 2.05) is 0 Å². The minimum Gasteiger partial charge on any atom is -0.396 e. The molecule has 1 saturated heterocycles. The lowest BCUT2D eigenvalue weighted by Gasteiger charge is -2.47. The molecule has 1 aliphatic rings. The average Bonchev–Trinajstić information content (AvgIpc) is 2.23. The van der Waals surface area contributed by atoms with Gasteiger partial charge in [-0.3, -0.25) is 9.80 Å². The van der Waals surface area contributed by atoms with Gasteiger partial charge in [0.25, 0.3) is 0 Å². The lowest BCUT2D eigenvalue weighted by atomic mass is 9.85. The first-order chi connectivity index (χ1) is 7.83. The van der Waals surface area contributed by atoms with Crippen molar-refractivity contribution in [1.82, 2.24) is 9.80 Å². The zero-order chi connectivity index (χ0) is 13.1. The van der Waals surface area contributed by atoms with Gasteiger partial charge in [-0.15, -0.1) is 0 Å². The first-order valence-electron chi connectivity index (χ1n) is 6.87. The lowest BCUT2D eigenvalue weighted by Crippen LogP contribution is -2.59. The predicted octanol–water partition coefficient (Wildman–Crippen LogP) is 1.81. The number of hydrogen-bond acceptors (Lipinski definition) is 3. The number of nitrogens with zero attached hydrogens (tertiary/aromatic N) is 2. The van der Waals surface area contributed by atoms with E-state index in [0.717, 1.165) is 39.0 Å². The second-order valence-corrected chi connectivity index (χ2v) is 6.66. The van der Waals surface area contributed by atoms with E-state index in [-0.39, 0.29) is 11.0 Å². The van der Waals surface area contributed by atoms with E-state index < -0.39 is 0 Å². The Labute approximate surface area is 107 Å². The number of aliphatic hydroxyl groups is 1. The predicted molar refractivity (Wildman–Crippen MR) is 73.2 cm³/mol. The Bertz CT molecular complexity index is 242. The van der Waals surface area contributed by atoms with Crippen molar-refractivity contribution in [1.29, 1.82) is 0 Å². The number of likely N-dealkylation sites (N-methyl/N-ethyl adjacent to an activating group) is 1. The van der Waals surface area contributed by atoms with E-state index in [1.54, 1.807) is 0 Å². The molecule has 1 rings (SSSR count). The highest BCUT2D eigenvalue weighted by atomic mass is 16.3. The van der Waals surface area contributed by atoms with Crippen molar-refractivity contribution in [3.05, 3.63) is 0 Å². The second kappa shape index (κ2) is 5.68. The van der Waals surface area contributed by atoms with Crippen LogP contribution in [0, 0.1) is 5.41 Å². The molecule has 0 aromatic heterocycles. The molecule has 0 amide bonds. The first kappa shape index (κ1) is 14.9. The van der Waals surface area contributed by atoms with Gasteiger partial charge in [0.15, 0.2) is 0 Å². The van der Waals surface area contributed by atoms with Crippen molar-refractivity contribution in [2.45, 2.75) is 46.1 Å². The van der Waals surface area contributed by atoms with E-state index in [2.05, 4.69) is 44.5 Å². The summed E-state index contributed by atoms with van der Waals surface area (Å²) in [5.74, 6) is 0. The van der Waals surface area contributed by atoms with Crippen LogP contribution in [0.25, 0.3) is 0 Å². The van der Waals surface area contributed by atoms with Gasteiger partial charge < -0.3 is 5.11 Å². The van der Waals surface area contributed by atoms with Gasteiger partial charge in [-0.2, -0.15) is 0 Å². The molecule has 0 aromatic rings. The van der Waals surface area contributed by atoms with Crippen molar-refractivity contribution >= 4 is 0 Å². The summed E-state index contributed by atoms with van der Waals surface area (Å²) in [6, 6.07) is 0. The highest BCUT2D eigenvalue weighted by Crippen LogP contribution is 2.27. The minimum absolute atomic E-state index is 0.0702. The smallest absolute Gasteiger partial charge is 0.0497 e. The monoisotopic (exact) mass is 242 g/mol. The second-order valence-electron chi connectivity index (χ2n) is 6.66. The Balaban J connectivity index is 2.57. The van der Waals surface area contributed by atoms with Gasteiger partial charge in [0.1, 0.15) is 0 Å². The Hall–Kier alpha value is -0.120. The van der Waals surface area contributed by atoms with E-state index >= 15 is 0 Å². The molecular weight excluding hydrogens is 212 g/mol. The van der Waals surface area contributed by atoms with E-state index in [9.17, 15) is 5.11 Å². The van der Waals surface area contributed by atoms with Gasteiger partial charge in [-0.05, 0) is 27.3 Å². The lowest BCUT2D eigenvalue weighted by molar-refractivity contribution is 0.00304. The van der Waals surface area contributed by atoms with Gasteiger partial charge in [-0.1, -0.05) is 20.3 Å². The molecule has 0 spiro atoms. The summed E-state index contributed by atoms with van der Waals surface area (Å²) in [4.78, 5) is 4.95. The molecule has 0 radical (unpaired) electrons. The zero-order valence-electron chi connectivity index (χ0n) is 12.3. The number of rotatable bonds is 5. The molecule has 3 heteroatoms. The van der Waals surface area contributed by atoms with Gasteiger partial charge in [0.05, 0.1) is 0 Å². The summed E-state index contributed by atoms with van der Waals surface area (Å²) in [6.45, 7) is 13.7. The van der Waals surface area contributed by atoms with Crippen molar-refractivity contribution in [3.8, 4) is 0 Å². The Kier molecular flexibility index (Phi) is 4.99. The van der Waals surface area contributed by atoms with Crippen LogP contribution in [0.5, 0.6) is 0 Å². The molecular formula is C14H30N2O. The molecule has 1 fully saturated rings. The SMILES string of the molecule is CCCC(C)(CO)CN1CCN(C)C(C)(C)C1. The summed E-state index contributed by atoms with van der Waals surface area (Å²) < 4.78 is 0. The number of piperazine rings is 1. The molecule has 102 valence electrons. The zero-order valence-corrected chi connectivity index (χ0v) is 12.3. The molecule has 0 saturated carbocycles. The summed E-state index contributed by atoms with van der Waals surface area (Å²) in [5, 5.41) is 9.59. The number of aliphatic hydroxyl groups excluding tert-OH is 1. The normalized spacial score (nSPS) is 25.8. The molecule has 0 bridgehead atoms. The number of hydrogen-bond donors (Lipinski definition) is 1. The molecule has 1 unspecified atom stereocenters. The largest absolute Gasteiger partial charge is 0.396 e. The van der Waals surface area contributed by atoms with Gasteiger partial charge in [0.2, 0.25) is 0 Å². The van der Waals surface area contributed by atoms with Crippen LogP contribution in [-0.4, -0.2) is 60.3 Å². The highest BCUT2D eigenvalue weighted by molar-refractivity contribution is 4.90. The first-order valence-corrected chi connectivity index (χ1v) is 6.87. The van der Waals surface area contributed by atoms with E-state index in [4.69, 9.17) is 0 Å². The van der Waals surface area contributed by atoms with Crippen LogP contribution in [-0.2, 0) is 0 Å². The van der Waals surface area contributed by atoms with Gasteiger partial charge in [0, 0.05) is 43.7 Å². The summed E-state index contributed by atoms with van der Waals surface area (Å²) in [5.41, 5.74) is 0.321. The maximum absolute atomic E-state index is 9.59. The standard InChI is InChI=1S/C14H30N2O/c1-6-7-14(4,12-17)11-16-9-8-15(5)13(2,3)10-16/h17H,6-12H2,1-5H3. The van der Waals surface area contributed by atoms with E-state index in [1.165, 1.54) is 0 Å². The third-order valence-electron chi connectivity index (χ3n) is 4.24. The fourth-order valence-corrected chi connectivity index (χ4v) is 2.83. The molecule has 17 heavy (non-hydrogen) atoms. The maximum atomic E-state index is 9.59. The van der Waals surface area contributed by atoms with Gasteiger partial charge in [-0.25, -0.2) is 0 Å². The maximum Gasteiger partial charge on any atom is 0.0497 e. The van der Waals surface area contributed by atoms with Gasteiger partial charge >= 0.3 is 0 Å². The molecule has 1 aliphatic heterocycles. The Morgan fingerprint density at radius 2 is 1.94 bits per heavy atom. The summed E-state index contributed by atoms with van der Waals surface area (Å²) >= 11 is 0. The molecule has 1 atom stereocenters. The fraction of sp³-hybridized carbons (Fsp3) is 1.00. The van der Waals surface area contributed by atoms with Crippen molar-refractivity contribution in [2.24, 2.45) is 5.41 Å². The Morgan fingerprint density at radius 3 is 2.41 bits per heavy atom. The summed E-state index contributed by atoms with van der Waals surface area (Å²) in [6.07, 6.45) is 2.25. The average molecular weight is 242 g/mol. The fourth-order valence-electron chi connectivity index (χ4n) is 2.83. The minimum atomic E-state index is 0.0702. The van der Waals surface area contributed by atoms with Crippen LogP contribution in [0.15, 0.2) is 0 Å². The van der Waals surface area contributed by atoms with Crippen molar-refractivity contribution < 1.29 is 5.11 Å². The topological polar surface area (TPSA) is 26.7 Å². The van der Waals surface area contributed by atoms with E-state index in [0.29, 0.717) is 6.61 Å². The van der Waals surface area contributed by atoms with Crippen molar-refractivity contribution in [3.63, 3.8) is 0 Å². The van der Waals surface area contributed by atoms with Crippen LogP contribution < -0.4 is 0 Å². The van der Waals surface area contributed by atoms with Crippen LogP contribution in [0.1, 0.15) is 40.5 Å². The molecule has 0 aliphatic carbocycles. The molecule has 1 N–H and O–H groups in total. The third kappa shape index (κ3) is 3.94. The Morgan fingerprint density at radius 1 is 1.29 bits per heavy atom. The van der Waals surface area contributed by atoms with Crippen LogP contribution >= 0.6 is 0 Å². The van der Waals surface area contributed by atoms with Crippen molar-refractivity contribution in [2.75, 3.05) is 39.8 Å². The highest BCUT2D eigenvalue weighted by Gasteiger charge is 2.34. The molecule has 3 nitrogen and oxygen atoms in total. The molecule has 0 aromatic carbocycles. The van der Waals surface area contributed by atoms with Crippen LogP contribution in [0.4, 0.5) is 0 Å². The molecule has 1 heterocycles.